The summed E-state index contributed by atoms with van der Waals surface area (Å²) in [5.74, 6) is -1.24. The first-order chi connectivity index (χ1) is 10.6. The van der Waals surface area contributed by atoms with Crippen molar-refractivity contribution in [2.24, 2.45) is 11.8 Å². The summed E-state index contributed by atoms with van der Waals surface area (Å²) in [6.07, 6.45) is 2.85. The molecule has 0 bridgehead atoms. The fourth-order valence-corrected chi connectivity index (χ4v) is 3.54. The van der Waals surface area contributed by atoms with Gasteiger partial charge in [-0.25, -0.2) is 0 Å². The van der Waals surface area contributed by atoms with Crippen LogP contribution in [0.25, 0.3) is 0 Å². The van der Waals surface area contributed by atoms with Gasteiger partial charge in [-0.05, 0) is 37.3 Å². The molecule has 1 aliphatic carbocycles. The number of para-hydroxylation sites is 1. The number of carbonyl (C=O) groups is 2. The number of hydrogen-bond acceptors (Lipinski definition) is 3. The van der Waals surface area contributed by atoms with Gasteiger partial charge in [-0.2, -0.15) is 0 Å². The van der Waals surface area contributed by atoms with Gasteiger partial charge >= 0.3 is 5.97 Å². The molecule has 1 saturated carbocycles. The number of nitrogens with one attached hydrogen (secondary N) is 1. The van der Waals surface area contributed by atoms with Crippen LogP contribution in [0.5, 0.6) is 0 Å². The first-order valence-electron chi connectivity index (χ1n) is 7.98. The summed E-state index contributed by atoms with van der Waals surface area (Å²) in [6, 6.07) is 8.38. The van der Waals surface area contributed by atoms with E-state index in [1.165, 1.54) is 11.3 Å². The average Bonchev–Trinajstić information content (AvgIpc) is 3.14. The molecule has 1 heterocycles. The second-order valence-electron chi connectivity index (χ2n) is 6.20. The molecule has 0 saturated heterocycles. The summed E-state index contributed by atoms with van der Waals surface area (Å²) in [7, 11) is 0. The lowest BCUT2D eigenvalue weighted by Gasteiger charge is -2.20. The van der Waals surface area contributed by atoms with Crippen LogP contribution in [0.15, 0.2) is 24.3 Å². The highest BCUT2D eigenvalue weighted by Gasteiger charge is 2.33. The molecule has 0 aromatic heterocycles. The van der Waals surface area contributed by atoms with Crippen LogP contribution in [0, 0.1) is 11.8 Å². The molecule has 5 heteroatoms. The van der Waals surface area contributed by atoms with Crippen LogP contribution in [0.4, 0.5) is 5.69 Å². The molecular weight excluding hydrogens is 280 g/mol. The quantitative estimate of drug-likeness (QED) is 0.868. The molecule has 0 radical (unpaired) electrons. The van der Waals surface area contributed by atoms with E-state index in [1.807, 2.05) is 6.07 Å². The van der Waals surface area contributed by atoms with Crippen LogP contribution < -0.4 is 10.2 Å². The minimum atomic E-state index is -0.774. The number of anilines is 1. The Bertz CT molecular complexity index is 573. The zero-order valence-electron chi connectivity index (χ0n) is 12.6. The van der Waals surface area contributed by atoms with Gasteiger partial charge in [0.1, 0.15) is 0 Å². The maximum atomic E-state index is 12.1. The van der Waals surface area contributed by atoms with Gasteiger partial charge in [-0.1, -0.05) is 18.2 Å². The molecule has 1 aliphatic heterocycles. The Balaban J connectivity index is 1.44. The second kappa shape index (κ2) is 6.38. The number of benzene rings is 1. The summed E-state index contributed by atoms with van der Waals surface area (Å²) in [6.45, 7) is 2.42. The molecule has 1 aromatic rings. The Morgan fingerprint density at radius 1 is 1.23 bits per heavy atom. The lowest BCUT2D eigenvalue weighted by molar-refractivity contribution is -0.141. The number of fused-ring (bicyclic) bond motifs is 1. The number of carboxylic acids is 1. The number of carbonyl (C=O) groups excluding carboxylic acids is 1. The van der Waals surface area contributed by atoms with E-state index in [0.29, 0.717) is 25.8 Å². The molecule has 1 amide bonds. The van der Waals surface area contributed by atoms with Crippen molar-refractivity contribution in [3.63, 3.8) is 0 Å². The van der Waals surface area contributed by atoms with Gasteiger partial charge in [0.25, 0.3) is 0 Å². The van der Waals surface area contributed by atoms with Crippen LogP contribution >= 0.6 is 0 Å². The van der Waals surface area contributed by atoms with Crippen molar-refractivity contribution in [3.8, 4) is 0 Å². The molecule has 3 rings (SSSR count). The maximum Gasteiger partial charge on any atom is 0.306 e. The van der Waals surface area contributed by atoms with Gasteiger partial charge < -0.3 is 15.3 Å². The minimum absolute atomic E-state index is 0.0104. The van der Waals surface area contributed by atoms with E-state index in [2.05, 4.69) is 28.4 Å². The third-order valence-electron chi connectivity index (χ3n) is 4.82. The number of aliphatic carboxylic acids is 1. The van der Waals surface area contributed by atoms with Gasteiger partial charge in [-0.15, -0.1) is 0 Å². The molecule has 1 aromatic carbocycles. The summed E-state index contributed by atoms with van der Waals surface area (Å²) >= 11 is 0. The summed E-state index contributed by atoms with van der Waals surface area (Å²) in [4.78, 5) is 25.3. The van der Waals surface area contributed by atoms with Crippen molar-refractivity contribution in [2.75, 3.05) is 24.5 Å². The van der Waals surface area contributed by atoms with Crippen molar-refractivity contribution in [3.05, 3.63) is 29.8 Å². The van der Waals surface area contributed by atoms with Gasteiger partial charge in [0.2, 0.25) is 5.91 Å². The van der Waals surface area contributed by atoms with E-state index < -0.39 is 5.97 Å². The summed E-state index contributed by atoms with van der Waals surface area (Å²) in [5, 5.41) is 12.0. The third kappa shape index (κ3) is 3.08. The molecule has 5 nitrogen and oxygen atoms in total. The van der Waals surface area contributed by atoms with E-state index in [-0.39, 0.29) is 17.7 Å². The Labute approximate surface area is 130 Å². The van der Waals surface area contributed by atoms with Crippen molar-refractivity contribution < 1.29 is 14.7 Å². The van der Waals surface area contributed by atoms with Gasteiger partial charge in [0.15, 0.2) is 0 Å². The Hall–Kier alpha value is -2.04. The molecular formula is C17H22N2O3. The van der Waals surface area contributed by atoms with Gasteiger partial charge in [-0.3, -0.25) is 9.59 Å². The molecule has 118 valence electrons. The molecule has 22 heavy (non-hydrogen) atoms. The molecule has 0 spiro atoms. The standard InChI is InChI=1S/C17H22N2O3/c20-16(13-5-6-14(11-13)17(21)22)18-8-10-19-9-7-12-3-1-2-4-15(12)19/h1-4,13-14H,5-11H2,(H,18,20)(H,21,22)/t13-,14+/m1/s1. The van der Waals surface area contributed by atoms with E-state index >= 15 is 0 Å². The van der Waals surface area contributed by atoms with E-state index in [0.717, 1.165) is 19.5 Å². The Morgan fingerprint density at radius 2 is 2.00 bits per heavy atom. The number of carboxylic acid groups (broad SMARTS) is 1. The van der Waals surface area contributed by atoms with Gasteiger partial charge in [0.05, 0.1) is 5.92 Å². The molecule has 2 aliphatic rings. The highest BCUT2D eigenvalue weighted by Crippen LogP contribution is 2.31. The molecule has 1 fully saturated rings. The third-order valence-corrected chi connectivity index (χ3v) is 4.82. The van der Waals surface area contributed by atoms with Crippen LogP contribution in [-0.2, 0) is 16.0 Å². The maximum absolute atomic E-state index is 12.1. The van der Waals surface area contributed by atoms with Gasteiger partial charge in [0, 0.05) is 31.2 Å². The van der Waals surface area contributed by atoms with Crippen LogP contribution in [0.1, 0.15) is 24.8 Å². The van der Waals surface area contributed by atoms with E-state index in [1.54, 1.807) is 0 Å². The average molecular weight is 302 g/mol. The molecule has 2 atom stereocenters. The fraction of sp³-hybridized carbons (Fsp3) is 0.529. The molecule has 2 N–H and O–H groups in total. The van der Waals surface area contributed by atoms with E-state index in [4.69, 9.17) is 5.11 Å². The second-order valence-corrected chi connectivity index (χ2v) is 6.20. The van der Waals surface area contributed by atoms with Crippen LogP contribution in [-0.4, -0.2) is 36.6 Å². The summed E-state index contributed by atoms with van der Waals surface area (Å²) in [5.41, 5.74) is 2.64. The Morgan fingerprint density at radius 3 is 2.77 bits per heavy atom. The number of hydrogen-bond donors (Lipinski definition) is 2. The Kier molecular flexibility index (Phi) is 4.32. The first-order valence-corrected chi connectivity index (χ1v) is 7.98. The van der Waals surface area contributed by atoms with Crippen molar-refractivity contribution >= 4 is 17.6 Å². The lowest BCUT2D eigenvalue weighted by atomic mass is 10.0. The number of rotatable bonds is 5. The number of nitrogens with zero attached hydrogens (tertiary/aromatic N) is 1. The van der Waals surface area contributed by atoms with E-state index in [9.17, 15) is 9.59 Å². The topological polar surface area (TPSA) is 69.6 Å². The monoisotopic (exact) mass is 302 g/mol. The highest BCUT2D eigenvalue weighted by molar-refractivity contribution is 5.80. The zero-order chi connectivity index (χ0) is 15.5. The lowest BCUT2D eigenvalue weighted by Crippen LogP contribution is -2.36. The summed E-state index contributed by atoms with van der Waals surface area (Å²) < 4.78 is 0. The van der Waals surface area contributed by atoms with Crippen molar-refractivity contribution in [1.29, 1.82) is 0 Å². The van der Waals surface area contributed by atoms with Crippen molar-refractivity contribution in [2.45, 2.75) is 25.7 Å². The first kappa shape index (κ1) is 14.9. The largest absolute Gasteiger partial charge is 0.481 e. The fourth-order valence-electron chi connectivity index (χ4n) is 3.54. The smallest absolute Gasteiger partial charge is 0.306 e. The zero-order valence-corrected chi connectivity index (χ0v) is 12.6. The predicted molar refractivity (Wildman–Crippen MR) is 83.8 cm³/mol. The minimum Gasteiger partial charge on any atom is -0.481 e. The van der Waals surface area contributed by atoms with Crippen LogP contribution in [0.3, 0.4) is 0 Å². The normalized spacial score (nSPS) is 23.4. The number of amides is 1. The van der Waals surface area contributed by atoms with Crippen LogP contribution in [0.2, 0.25) is 0 Å². The predicted octanol–water partition coefficient (Wildman–Crippen LogP) is 1.67. The molecule has 0 unspecified atom stereocenters. The SMILES string of the molecule is O=C(O)[C@H]1CC[C@@H](C(=O)NCCN2CCc3ccccc32)C1. The van der Waals surface area contributed by atoms with Crippen molar-refractivity contribution in [1.82, 2.24) is 5.32 Å². The highest BCUT2D eigenvalue weighted by atomic mass is 16.4.